The number of hydrogen-bond acceptors (Lipinski definition) is 4. The molecule has 0 fully saturated rings. The summed E-state index contributed by atoms with van der Waals surface area (Å²) < 4.78 is 1.63. The number of rotatable bonds is 8. The predicted molar refractivity (Wildman–Crippen MR) is 96.3 cm³/mol. The molecule has 2 unspecified atom stereocenters. The Hall–Kier alpha value is -2.70. The standard InChI is InChI=1S/C18H25N5O2/c1-4-5-6-13(2)17(24)21-14(3)18(25)22-15-7-9-16(10-8-15)23-12-19-11-20-23/h7-14H,4-6H2,1-3H3,(H,21,24)(H,22,25). The van der Waals surface area contributed by atoms with Gasteiger partial charge >= 0.3 is 0 Å². The fourth-order valence-electron chi connectivity index (χ4n) is 2.35. The summed E-state index contributed by atoms with van der Waals surface area (Å²) in [6, 6.07) is 6.65. The second kappa shape index (κ2) is 8.96. The maximum Gasteiger partial charge on any atom is 0.246 e. The number of nitrogens with zero attached hydrogens (tertiary/aromatic N) is 3. The summed E-state index contributed by atoms with van der Waals surface area (Å²) in [5, 5.41) is 9.62. The lowest BCUT2D eigenvalue weighted by molar-refractivity contribution is -0.128. The van der Waals surface area contributed by atoms with Gasteiger partial charge in [0.1, 0.15) is 18.7 Å². The highest BCUT2D eigenvalue weighted by Gasteiger charge is 2.19. The Balaban J connectivity index is 1.87. The lowest BCUT2D eigenvalue weighted by Crippen LogP contribution is -2.43. The maximum absolute atomic E-state index is 12.2. The van der Waals surface area contributed by atoms with Crippen LogP contribution in [0.1, 0.15) is 40.0 Å². The lowest BCUT2D eigenvalue weighted by Gasteiger charge is -2.17. The minimum atomic E-state index is -0.591. The smallest absolute Gasteiger partial charge is 0.246 e. The molecule has 0 radical (unpaired) electrons. The Morgan fingerprint density at radius 3 is 2.48 bits per heavy atom. The molecule has 2 N–H and O–H groups in total. The highest BCUT2D eigenvalue weighted by Crippen LogP contribution is 2.13. The fraction of sp³-hybridized carbons (Fsp3) is 0.444. The average molecular weight is 343 g/mol. The van der Waals surface area contributed by atoms with Crippen LogP contribution in [0.4, 0.5) is 5.69 Å². The summed E-state index contributed by atoms with van der Waals surface area (Å²) in [5.74, 6) is -0.417. The number of unbranched alkanes of at least 4 members (excludes halogenated alkanes) is 1. The van der Waals surface area contributed by atoms with Crippen LogP contribution >= 0.6 is 0 Å². The zero-order valence-corrected chi connectivity index (χ0v) is 14.9. The second-order valence-corrected chi connectivity index (χ2v) is 6.15. The molecule has 134 valence electrons. The molecule has 7 nitrogen and oxygen atoms in total. The van der Waals surface area contributed by atoms with Crippen LogP contribution in [0.25, 0.3) is 5.69 Å². The predicted octanol–water partition coefficient (Wildman–Crippen LogP) is 2.54. The first-order valence-electron chi connectivity index (χ1n) is 8.57. The molecular weight excluding hydrogens is 318 g/mol. The van der Waals surface area contributed by atoms with Gasteiger partial charge in [-0.1, -0.05) is 26.7 Å². The normalized spacial score (nSPS) is 13.1. The third-order valence-electron chi connectivity index (χ3n) is 4.01. The van der Waals surface area contributed by atoms with E-state index in [2.05, 4.69) is 27.6 Å². The number of carbonyl (C=O) groups is 2. The molecule has 1 aromatic carbocycles. The van der Waals surface area contributed by atoms with Gasteiger partial charge in [0, 0.05) is 11.6 Å². The van der Waals surface area contributed by atoms with Gasteiger partial charge in [0.05, 0.1) is 5.69 Å². The van der Waals surface area contributed by atoms with Gasteiger partial charge in [-0.3, -0.25) is 9.59 Å². The van der Waals surface area contributed by atoms with Crippen molar-refractivity contribution < 1.29 is 9.59 Å². The first-order valence-corrected chi connectivity index (χ1v) is 8.57. The lowest BCUT2D eigenvalue weighted by atomic mass is 10.0. The monoisotopic (exact) mass is 343 g/mol. The van der Waals surface area contributed by atoms with Crippen molar-refractivity contribution in [2.24, 2.45) is 5.92 Å². The Morgan fingerprint density at radius 1 is 1.16 bits per heavy atom. The molecule has 2 amide bonds. The maximum atomic E-state index is 12.2. The number of amides is 2. The van der Waals surface area contributed by atoms with Crippen molar-refractivity contribution in [2.45, 2.75) is 46.1 Å². The average Bonchev–Trinajstić information content (AvgIpc) is 3.14. The Bertz CT molecular complexity index is 682. The van der Waals surface area contributed by atoms with E-state index >= 15 is 0 Å². The van der Waals surface area contributed by atoms with E-state index in [0.717, 1.165) is 24.9 Å². The molecule has 0 aliphatic rings. The Kier molecular flexibility index (Phi) is 6.68. The van der Waals surface area contributed by atoms with Crippen LogP contribution in [0.5, 0.6) is 0 Å². The second-order valence-electron chi connectivity index (χ2n) is 6.15. The fourth-order valence-corrected chi connectivity index (χ4v) is 2.35. The molecule has 0 spiro atoms. The molecule has 25 heavy (non-hydrogen) atoms. The van der Waals surface area contributed by atoms with Crippen molar-refractivity contribution in [3.63, 3.8) is 0 Å². The molecule has 2 aromatic rings. The van der Waals surface area contributed by atoms with Gasteiger partial charge in [0.2, 0.25) is 11.8 Å². The topological polar surface area (TPSA) is 88.9 Å². The van der Waals surface area contributed by atoms with E-state index in [0.29, 0.717) is 5.69 Å². The molecule has 0 bridgehead atoms. The van der Waals surface area contributed by atoms with Gasteiger partial charge in [-0.2, -0.15) is 5.10 Å². The molecule has 0 saturated carbocycles. The van der Waals surface area contributed by atoms with Crippen LogP contribution < -0.4 is 10.6 Å². The molecule has 1 heterocycles. The number of aromatic nitrogens is 3. The molecule has 7 heteroatoms. The zero-order valence-electron chi connectivity index (χ0n) is 14.9. The minimum Gasteiger partial charge on any atom is -0.344 e. The van der Waals surface area contributed by atoms with Crippen molar-refractivity contribution in [1.82, 2.24) is 20.1 Å². The van der Waals surface area contributed by atoms with Crippen molar-refractivity contribution in [2.75, 3.05) is 5.32 Å². The van der Waals surface area contributed by atoms with Gasteiger partial charge in [-0.05, 0) is 37.6 Å². The van der Waals surface area contributed by atoms with E-state index in [4.69, 9.17) is 0 Å². The number of hydrogen-bond donors (Lipinski definition) is 2. The van der Waals surface area contributed by atoms with Crippen molar-refractivity contribution in [1.29, 1.82) is 0 Å². The van der Waals surface area contributed by atoms with Crippen LogP contribution in [0.2, 0.25) is 0 Å². The molecule has 0 aliphatic heterocycles. The third kappa shape index (κ3) is 5.41. The van der Waals surface area contributed by atoms with Crippen LogP contribution in [0.3, 0.4) is 0 Å². The molecule has 1 aromatic heterocycles. The van der Waals surface area contributed by atoms with Crippen molar-refractivity contribution >= 4 is 17.5 Å². The molecule has 0 aliphatic carbocycles. The number of carbonyl (C=O) groups excluding carboxylic acids is 2. The van der Waals surface area contributed by atoms with Gasteiger partial charge in [0.25, 0.3) is 0 Å². The minimum absolute atomic E-state index is 0.0855. The molecule has 0 saturated heterocycles. The zero-order chi connectivity index (χ0) is 18.2. The van der Waals surface area contributed by atoms with E-state index in [-0.39, 0.29) is 17.7 Å². The summed E-state index contributed by atoms with van der Waals surface area (Å²) in [6.45, 7) is 5.66. The number of nitrogens with one attached hydrogen (secondary N) is 2. The van der Waals surface area contributed by atoms with E-state index in [1.54, 1.807) is 30.1 Å². The SMILES string of the molecule is CCCCC(C)C(=O)NC(C)C(=O)Nc1ccc(-n2cncn2)cc1. The van der Waals surface area contributed by atoms with Gasteiger partial charge < -0.3 is 10.6 Å². The molecular formula is C18H25N5O2. The van der Waals surface area contributed by atoms with E-state index in [1.165, 1.54) is 6.33 Å². The van der Waals surface area contributed by atoms with Crippen LogP contribution in [0, 0.1) is 5.92 Å². The highest BCUT2D eigenvalue weighted by atomic mass is 16.2. The van der Waals surface area contributed by atoms with Gasteiger partial charge in [-0.15, -0.1) is 0 Å². The number of anilines is 1. The summed E-state index contributed by atoms with van der Waals surface area (Å²) in [5.41, 5.74) is 1.51. The first kappa shape index (κ1) is 18.6. The third-order valence-corrected chi connectivity index (χ3v) is 4.01. The summed E-state index contributed by atoms with van der Waals surface area (Å²) in [6.07, 6.45) is 5.96. The van der Waals surface area contributed by atoms with Crippen LogP contribution in [-0.4, -0.2) is 32.6 Å². The summed E-state index contributed by atoms with van der Waals surface area (Å²) >= 11 is 0. The number of benzene rings is 1. The molecule has 2 rings (SSSR count). The van der Waals surface area contributed by atoms with E-state index in [9.17, 15) is 9.59 Å². The summed E-state index contributed by atoms with van der Waals surface area (Å²) in [7, 11) is 0. The van der Waals surface area contributed by atoms with Crippen LogP contribution in [-0.2, 0) is 9.59 Å². The summed E-state index contributed by atoms with van der Waals surface area (Å²) in [4.78, 5) is 28.2. The van der Waals surface area contributed by atoms with Crippen LogP contribution in [0.15, 0.2) is 36.9 Å². The highest BCUT2D eigenvalue weighted by molar-refractivity contribution is 5.97. The van der Waals surface area contributed by atoms with E-state index < -0.39 is 6.04 Å². The quantitative estimate of drug-likeness (QED) is 0.771. The van der Waals surface area contributed by atoms with E-state index in [1.807, 2.05) is 19.1 Å². The Labute approximate surface area is 147 Å². The van der Waals surface area contributed by atoms with Gasteiger partial charge in [-0.25, -0.2) is 9.67 Å². The van der Waals surface area contributed by atoms with Crippen molar-refractivity contribution in [3.05, 3.63) is 36.9 Å². The van der Waals surface area contributed by atoms with Gasteiger partial charge in [0.15, 0.2) is 0 Å². The Morgan fingerprint density at radius 2 is 1.88 bits per heavy atom. The largest absolute Gasteiger partial charge is 0.344 e. The van der Waals surface area contributed by atoms with Crippen molar-refractivity contribution in [3.8, 4) is 5.69 Å². The molecule has 2 atom stereocenters. The first-order chi connectivity index (χ1) is 12.0.